The summed E-state index contributed by atoms with van der Waals surface area (Å²) in [6.07, 6.45) is 3.50. The third kappa shape index (κ3) is 2.80. The van der Waals surface area contributed by atoms with Gasteiger partial charge in [-0.15, -0.1) is 6.54 Å². The van der Waals surface area contributed by atoms with Gasteiger partial charge in [0.05, 0.1) is 0 Å². The number of anilines is 1. The molecule has 0 saturated carbocycles. The first-order chi connectivity index (χ1) is 7.18. The number of aromatic nitrogens is 1. The normalized spacial score (nSPS) is 15.4. The summed E-state index contributed by atoms with van der Waals surface area (Å²) in [7, 11) is 0. The van der Waals surface area contributed by atoms with Gasteiger partial charge in [-0.25, -0.2) is 4.98 Å². The summed E-state index contributed by atoms with van der Waals surface area (Å²) in [5, 5.41) is 0. The van der Waals surface area contributed by atoms with Crippen LogP contribution in [0, 0.1) is 13.3 Å². The molecule has 2 heterocycles. The van der Waals surface area contributed by atoms with Gasteiger partial charge < -0.3 is 11.3 Å². The van der Waals surface area contributed by atoms with Crippen LogP contribution in [0.25, 0.3) is 0 Å². The largest absolute Gasteiger partial charge is 0.389 e. The van der Waals surface area contributed by atoms with Gasteiger partial charge in [0, 0.05) is 24.2 Å². The van der Waals surface area contributed by atoms with Crippen LogP contribution in [0.1, 0.15) is 37.4 Å². The Morgan fingerprint density at radius 2 is 2.12 bits per heavy atom. The second-order valence-electron chi connectivity index (χ2n) is 4.52. The molecule has 1 aromatic heterocycles. The van der Waals surface area contributed by atoms with E-state index in [4.69, 9.17) is 0 Å². The van der Waals surface area contributed by atoms with E-state index in [-0.39, 0.29) is 18.6 Å². The molecule has 16 heavy (non-hydrogen) atoms. The Hall–Kier alpha value is -0.466. The van der Waals surface area contributed by atoms with Crippen LogP contribution in [0.15, 0.2) is 12.1 Å². The molecule has 2 rings (SSSR count). The van der Waals surface area contributed by atoms with Crippen molar-refractivity contribution in [2.45, 2.75) is 33.1 Å². The maximum Gasteiger partial charge on any atom is 0.126 e. The minimum absolute atomic E-state index is 0. The first kappa shape index (κ1) is 13.6. The van der Waals surface area contributed by atoms with Crippen molar-refractivity contribution in [2.24, 2.45) is 0 Å². The fraction of sp³-hybridized carbons (Fsp3) is 0.538. The summed E-state index contributed by atoms with van der Waals surface area (Å²) < 4.78 is 0. The van der Waals surface area contributed by atoms with Crippen molar-refractivity contribution in [3.63, 3.8) is 0 Å². The van der Waals surface area contributed by atoms with E-state index in [0.29, 0.717) is 5.92 Å². The molecule has 0 amide bonds. The third-order valence-corrected chi connectivity index (χ3v) is 3.01. The van der Waals surface area contributed by atoms with Crippen molar-refractivity contribution < 1.29 is 18.6 Å². The van der Waals surface area contributed by atoms with Gasteiger partial charge in [-0.1, -0.05) is 19.9 Å². The van der Waals surface area contributed by atoms with E-state index >= 15 is 0 Å². The van der Waals surface area contributed by atoms with E-state index in [1.807, 2.05) is 0 Å². The van der Waals surface area contributed by atoms with Crippen LogP contribution in [-0.4, -0.2) is 18.1 Å². The van der Waals surface area contributed by atoms with E-state index in [1.165, 1.54) is 17.7 Å². The maximum absolute atomic E-state index is 4.68. The van der Waals surface area contributed by atoms with Crippen molar-refractivity contribution in [1.29, 1.82) is 0 Å². The first-order valence-electron chi connectivity index (χ1n) is 5.72. The second kappa shape index (κ2) is 5.74. The number of nitrogens with zero attached hydrogens (tertiary/aromatic N) is 2. The Morgan fingerprint density at radius 3 is 2.62 bits per heavy atom. The molecule has 1 aromatic rings. The average Bonchev–Trinajstić information content (AvgIpc) is 2.69. The average molecular weight is 254 g/mol. The molecule has 0 spiro atoms. The van der Waals surface area contributed by atoms with Crippen LogP contribution in [0.5, 0.6) is 0 Å². The Balaban J connectivity index is 0.00000128. The van der Waals surface area contributed by atoms with E-state index in [9.17, 15) is 0 Å². The van der Waals surface area contributed by atoms with Crippen molar-refractivity contribution in [1.82, 2.24) is 4.98 Å². The van der Waals surface area contributed by atoms with Crippen LogP contribution in [0.4, 0.5) is 5.82 Å². The number of hydrogen-bond donors (Lipinski definition) is 0. The smallest absolute Gasteiger partial charge is 0.126 e. The molecule has 1 aliphatic rings. The molecule has 87 valence electrons. The second-order valence-corrected chi connectivity index (χ2v) is 4.52. The van der Waals surface area contributed by atoms with Gasteiger partial charge in [-0.05, 0) is 31.0 Å². The summed E-state index contributed by atoms with van der Waals surface area (Å²) in [5.74, 6) is 1.70. The minimum Gasteiger partial charge on any atom is -0.389 e. The molecule has 0 N–H and O–H groups in total. The summed E-state index contributed by atoms with van der Waals surface area (Å²) >= 11 is 0. The van der Waals surface area contributed by atoms with E-state index in [2.05, 4.69) is 49.2 Å². The summed E-state index contributed by atoms with van der Waals surface area (Å²) in [4.78, 5) is 7.01. The van der Waals surface area contributed by atoms with Gasteiger partial charge in [0.1, 0.15) is 5.82 Å². The monoisotopic (exact) mass is 254 g/mol. The number of pyridine rings is 1. The summed E-state index contributed by atoms with van der Waals surface area (Å²) in [5.41, 5.74) is 2.54. The van der Waals surface area contributed by atoms with Crippen LogP contribution < -0.4 is 4.90 Å². The van der Waals surface area contributed by atoms with Crippen LogP contribution in [0.2, 0.25) is 0 Å². The zero-order valence-electron chi connectivity index (χ0n) is 10.3. The quantitative estimate of drug-likeness (QED) is 0.754. The van der Waals surface area contributed by atoms with Gasteiger partial charge in [0.25, 0.3) is 0 Å². The fourth-order valence-corrected chi connectivity index (χ4v) is 2.14. The maximum atomic E-state index is 4.68. The molecule has 3 heteroatoms. The molecule has 0 bridgehead atoms. The molecule has 0 aromatic carbocycles. The SMILES string of the molecule is Cc1nc(N2C[CH-]CC2)ccc1C(C)C.[V]. The van der Waals surface area contributed by atoms with Crippen molar-refractivity contribution >= 4 is 5.82 Å². The third-order valence-electron chi connectivity index (χ3n) is 3.01. The molecule has 0 atom stereocenters. The molecule has 1 saturated heterocycles. The first-order valence-corrected chi connectivity index (χ1v) is 5.72. The van der Waals surface area contributed by atoms with Crippen LogP contribution >= 0.6 is 0 Å². The molecular formula is C13H19N2V-. The zero-order valence-corrected chi connectivity index (χ0v) is 11.7. The van der Waals surface area contributed by atoms with E-state index < -0.39 is 0 Å². The van der Waals surface area contributed by atoms with E-state index in [0.717, 1.165) is 18.9 Å². The van der Waals surface area contributed by atoms with Crippen molar-refractivity contribution in [3.8, 4) is 0 Å². The summed E-state index contributed by atoms with van der Waals surface area (Å²) in [6, 6.07) is 4.38. The molecule has 2 nitrogen and oxygen atoms in total. The number of rotatable bonds is 2. The van der Waals surface area contributed by atoms with Gasteiger partial charge in [0.2, 0.25) is 0 Å². The molecule has 1 radical (unpaired) electrons. The molecule has 0 unspecified atom stereocenters. The topological polar surface area (TPSA) is 16.1 Å². The molecule has 1 fully saturated rings. The van der Waals surface area contributed by atoms with Gasteiger partial charge in [-0.3, -0.25) is 0 Å². The van der Waals surface area contributed by atoms with Crippen LogP contribution in [-0.2, 0) is 18.6 Å². The summed E-state index contributed by atoms with van der Waals surface area (Å²) in [6.45, 7) is 8.71. The number of aryl methyl sites for hydroxylation is 1. The fourth-order valence-electron chi connectivity index (χ4n) is 2.14. The Bertz CT molecular complexity index is 344. The molecular weight excluding hydrogens is 235 g/mol. The minimum atomic E-state index is 0. The van der Waals surface area contributed by atoms with Crippen LogP contribution in [0.3, 0.4) is 0 Å². The van der Waals surface area contributed by atoms with Crippen molar-refractivity contribution in [3.05, 3.63) is 29.8 Å². The Labute approximate surface area is 110 Å². The predicted octanol–water partition coefficient (Wildman–Crippen LogP) is 2.93. The van der Waals surface area contributed by atoms with Gasteiger partial charge >= 0.3 is 0 Å². The van der Waals surface area contributed by atoms with Gasteiger partial charge in [-0.2, -0.15) is 6.42 Å². The zero-order chi connectivity index (χ0) is 10.8. The predicted molar refractivity (Wildman–Crippen MR) is 64.2 cm³/mol. The Kier molecular flexibility index (Phi) is 4.88. The van der Waals surface area contributed by atoms with Gasteiger partial charge in [0.15, 0.2) is 0 Å². The molecule has 0 aliphatic carbocycles. The van der Waals surface area contributed by atoms with Crippen molar-refractivity contribution in [2.75, 3.05) is 18.0 Å². The Morgan fingerprint density at radius 1 is 1.38 bits per heavy atom. The molecule has 1 aliphatic heterocycles. The number of hydrogen-bond acceptors (Lipinski definition) is 2. The standard InChI is InChI=1S/C13H19N2.V/c1-10(2)12-6-7-13(14-11(12)3)15-8-4-5-9-15;/h4,6-7,10H,5,8-9H2,1-3H3;/q-1;. The van der Waals surface area contributed by atoms with E-state index in [1.54, 1.807) is 0 Å².